The number of ketones is 1. The molecule has 1 unspecified atom stereocenters. The Morgan fingerprint density at radius 1 is 1.20 bits per heavy atom. The van der Waals surface area contributed by atoms with Crippen LogP contribution in [0.4, 0.5) is 0 Å². The van der Waals surface area contributed by atoms with Crippen LogP contribution < -0.4 is 0 Å². The minimum atomic E-state index is 0.219. The summed E-state index contributed by atoms with van der Waals surface area (Å²) in [7, 11) is 0. The molecule has 3 heteroatoms. The fraction of sp³-hybridized carbons (Fsp3) is 0.727. The molecular formula is C22H30O2S. The van der Waals surface area contributed by atoms with Crippen molar-refractivity contribution >= 4 is 22.7 Å². The third kappa shape index (κ3) is 2.52. The van der Waals surface area contributed by atoms with E-state index in [9.17, 15) is 9.59 Å². The van der Waals surface area contributed by atoms with Crippen LogP contribution in [0, 0.1) is 28.6 Å². The number of carbonyl (C=O) groups is 2. The van der Waals surface area contributed by atoms with E-state index in [1.165, 1.54) is 42.2 Å². The Labute approximate surface area is 155 Å². The van der Waals surface area contributed by atoms with Gasteiger partial charge in [-0.25, -0.2) is 0 Å². The lowest BCUT2D eigenvalue weighted by Gasteiger charge is -2.57. The molecule has 0 radical (unpaired) electrons. The van der Waals surface area contributed by atoms with Crippen LogP contribution in [0.1, 0.15) is 65.7 Å². The van der Waals surface area contributed by atoms with E-state index in [1.54, 1.807) is 6.92 Å². The Morgan fingerprint density at radius 2 is 1.96 bits per heavy atom. The third-order valence-electron chi connectivity index (χ3n) is 8.14. The molecule has 3 fully saturated rings. The average molecular weight is 359 g/mol. The monoisotopic (exact) mass is 358 g/mol. The van der Waals surface area contributed by atoms with Crippen molar-refractivity contribution in [3.05, 3.63) is 23.8 Å². The van der Waals surface area contributed by atoms with Gasteiger partial charge in [0.15, 0.2) is 10.9 Å². The normalized spacial score (nSPS) is 46.1. The van der Waals surface area contributed by atoms with Gasteiger partial charge in [0.05, 0.1) is 0 Å². The van der Waals surface area contributed by atoms with Gasteiger partial charge < -0.3 is 0 Å². The van der Waals surface area contributed by atoms with Crippen molar-refractivity contribution in [3.8, 4) is 0 Å². The number of hydrogen-bond acceptors (Lipinski definition) is 3. The predicted molar refractivity (Wildman–Crippen MR) is 103 cm³/mol. The predicted octanol–water partition coefficient (Wildman–Crippen LogP) is 5.33. The molecule has 4 aliphatic carbocycles. The largest absolute Gasteiger partial charge is 0.295 e. The maximum absolute atomic E-state index is 11.9. The molecule has 0 aromatic heterocycles. The van der Waals surface area contributed by atoms with E-state index in [0.29, 0.717) is 22.9 Å². The number of allylic oxidation sites excluding steroid dienone is 1. The van der Waals surface area contributed by atoms with Crippen LogP contribution in [0.3, 0.4) is 0 Å². The SMILES string of the molecule is C=C1C[C@H]2[C@@H]3CCC4=CC(=O)CC[C@]4(C)[C@@H]3CC[C@]2(C)C1SC(C)=O. The van der Waals surface area contributed by atoms with E-state index in [-0.39, 0.29) is 15.9 Å². The van der Waals surface area contributed by atoms with Gasteiger partial charge in [0, 0.05) is 18.6 Å². The number of hydrogen-bond donors (Lipinski definition) is 0. The van der Waals surface area contributed by atoms with Gasteiger partial charge in [0.25, 0.3) is 0 Å². The highest BCUT2D eigenvalue weighted by Crippen LogP contribution is 2.67. The molecule has 0 heterocycles. The highest BCUT2D eigenvalue weighted by molar-refractivity contribution is 8.14. The van der Waals surface area contributed by atoms with Gasteiger partial charge in [0.2, 0.25) is 0 Å². The molecule has 0 N–H and O–H groups in total. The summed E-state index contributed by atoms with van der Waals surface area (Å²) >= 11 is 1.52. The fourth-order valence-electron chi connectivity index (χ4n) is 6.86. The van der Waals surface area contributed by atoms with Crippen LogP contribution in [0.15, 0.2) is 23.8 Å². The number of fused-ring (bicyclic) bond motifs is 5. The van der Waals surface area contributed by atoms with Crippen molar-refractivity contribution in [1.82, 2.24) is 0 Å². The molecule has 25 heavy (non-hydrogen) atoms. The van der Waals surface area contributed by atoms with Crippen LogP contribution in [0.25, 0.3) is 0 Å². The lowest BCUT2D eigenvalue weighted by atomic mass is 9.47. The molecule has 0 spiro atoms. The van der Waals surface area contributed by atoms with Crippen molar-refractivity contribution in [2.75, 3.05) is 0 Å². The van der Waals surface area contributed by atoms with Crippen LogP contribution >= 0.6 is 11.8 Å². The third-order valence-corrected chi connectivity index (χ3v) is 9.57. The lowest BCUT2D eigenvalue weighted by molar-refractivity contribution is -0.117. The second-order valence-corrected chi connectivity index (χ2v) is 10.6. The van der Waals surface area contributed by atoms with Gasteiger partial charge in [0.1, 0.15) is 0 Å². The molecule has 4 aliphatic rings. The molecule has 0 bridgehead atoms. The maximum atomic E-state index is 11.9. The summed E-state index contributed by atoms with van der Waals surface area (Å²) < 4.78 is 0. The number of rotatable bonds is 1. The summed E-state index contributed by atoms with van der Waals surface area (Å²) in [6, 6.07) is 0. The minimum Gasteiger partial charge on any atom is -0.295 e. The first-order valence-corrected chi connectivity index (χ1v) is 10.7. The quantitative estimate of drug-likeness (QED) is 0.594. The summed E-state index contributed by atoms with van der Waals surface area (Å²) in [6.07, 6.45) is 9.57. The van der Waals surface area contributed by atoms with Gasteiger partial charge >= 0.3 is 0 Å². The van der Waals surface area contributed by atoms with Gasteiger partial charge in [-0.3, -0.25) is 9.59 Å². The van der Waals surface area contributed by atoms with Crippen LogP contribution in [-0.4, -0.2) is 16.1 Å². The van der Waals surface area contributed by atoms with Gasteiger partial charge in [-0.1, -0.05) is 43.3 Å². The fourth-order valence-corrected chi connectivity index (χ4v) is 8.01. The summed E-state index contributed by atoms with van der Waals surface area (Å²) in [5, 5.41) is 0.524. The summed E-state index contributed by atoms with van der Waals surface area (Å²) in [6.45, 7) is 10.9. The van der Waals surface area contributed by atoms with E-state index < -0.39 is 0 Å². The first kappa shape index (κ1) is 17.6. The van der Waals surface area contributed by atoms with Crippen molar-refractivity contribution in [3.63, 3.8) is 0 Å². The number of carbonyl (C=O) groups excluding carboxylic acids is 2. The minimum absolute atomic E-state index is 0.219. The molecule has 4 rings (SSSR count). The lowest BCUT2D eigenvalue weighted by Crippen LogP contribution is -2.51. The molecule has 2 nitrogen and oxygen atoms in total. The molecule has 0 amide bonds. The zero-order valence-corrected chi connectivity index (χ0v) is 16.6. The Hall–Kier alpha value is -0.830. The summed E-state index contributed by atoms with van der Waals surface area (Å²) in [4.78, 5) is 23.7. The first-order valence-electron chi connectivity index (χ1n) is 9.84. The Bertz CT molecular complexity index is 678. The zero-order valence-electron chi connectivity index (χ0n) is 15.8. The van der Waals surface area contributed by atoms with Crippen molar-refractivity contribution in [2.45, 2.75) is 71.0 Å². The standard InChI is InChI=1S/C22H30O2S/c1-13-11-19-17-6-5-15-12-16(24)7-9-21(15,3)18(17)8-10-22(19,4)20(13)25-14(2)23/h12,17-20H,1,5-11H2,2-4H3/t17-,18-,19+,20?,21+,22+/m1/s1. The molecule has 0 aromatic rings. The number of thioether (sulfide) groups is 1. The maximum Gasteiger partial charge on any atom is 0.186 e. The van der Waals surface area contributed by atoms with E-state index in [1.807, 2.05) is 6.08 Å². The Balaban J connectivity index is 1.66. The van der Waals surface area contributed by atoms with Crippen molar-refractivity contribution in [1.29, 1.82) is 0 Å². The molecule has 0 aliphatic heterocycles. The van der Waals surface area contributed by atoms with Gasteiger partial charge in [-0.15, -0.1) is 0 Å². The van der Waals surface area contributed by atoms with Crippen LogP contribution in [0.5, 0.6) is 0 Å². The second-order valence-electron chi connectivity index (χ2n) is 9.37. The van der Waals surface area contributed by atoms with Crippen LogP contribution in [0.2, 0.25) is 0 Å². The van der Waals surface area contributed by atoms with Crippen LogP contribution in [-0.2, 0) is 9.59 Å². The zero-order chi connectivity index (χ0) is 18.0. The smallest absolute Gasteiger partial charge is 0.186 e. The average Bonchev–Trinajstić information content (AvgIpc) is 2.79. The van der Waals surface area contributed by atoms with Gasteiger partial charge in [-0.2, -0.15) is 0 Å². The van der Waals surface area contributed by atoms with E-state index in [0.717, 1.165) is 31.6 Å². The van der Waals surface area contributed by atoms with E-state index in [4.69, 9.17) is 0 Å². The topological polar surface area (TPSA) is 34.1 Å². The molecule has 3 saturated carbocycles. The summed E-state index contributed by atoms with van der Waals surface area (Å²) in [5.74, 6) is 2.42. The van der Waals surface area contributed by atoms with Crippen molar-refractivity contribution in [2.24, 2.45) is 28.6 Å². The van der Waals surface area contributed by atoms with Crippen molar-refractivity contribution < 1.29 is 9.59 Å². The van der Waals surface area contributed by atoms with E-state index in [2.05, 4.69) is 20.4 Å². The highest BCUT2D eigenvalue weighted by atomic mass is 32.2. The molecular weight excluding hydrogens is 328 g/mol. The first-order chi connectivity index (χ1) is 11.8. The second kappa shape index (κ2) is 5.84. The summed E-state index contributed by atoms with van der Waals surface area (Å²) in [5.41, 5.74) is 3.17. The molecule has 0 saturated heterocycles. The molecule has 0 aromatic carbocycles. The van der Waals surface area contributed by atoms with Gasteiger partial charge in [-0.05, 0) is 73.2 Å². The molecule has 136 valence electrons. The Kier molecular flexibility index (Phi) is 4.10. The highest BCUT2D eigenvalue weighted by Gasteiger charge is 2.60. The van der Waals surface area contributed by atoms with E-state index >= 15 is 0 Å². The Morgan fingerprint density at radius 3 is 2.68 bits per heavy atom. The molecule has 6 atom stereocenters.